The van der Waals surface area contributed by atoms with E-state index in [9.17, 15) is 9.59 Å². The number of Topliss-reactive ketones (excluding diaryl/α,β-unsaturated/α-hetero) is 1. The largest absolute Gasteiger partial charge is 0.479 e. The minimum absolute atomic E-state index is 0.122. The highest BCUT2D eigenvalue weighted by Gasteiger charge is 2.31. The van der Waals surface area contributed by atoms with Crippen molar-refractivity contribution >= 4 is 11.8 Å². The van der Waals surface area contributed by atoms with Crippen molar-refractivity contribution in [3.63, 3.8) is 0 Å². The Morgan fingerprint density at radius 3 is 2.76 bits per heavy atom. The van der Waals surface area contributed by atoms with Crippen molar-refractivity contribution in [3.8, 4) is 5.75 Å². The summed E-state index contributed by atoms with van der Waals surface area (Å²) in [6.45, 7) is 2.80. The molecule has 0 saturated carbocycles. The van der Waals surface area contributed by atoms with Crippen LogP contribution in [0.1, 0.15) is 6.92 Å². The van der Waals surface area contributed by atoms with Gasteiger partial charge in [0.2, 0.25) is 5.78 Å². The molecule has 114 valence electrons. The Bertz CT molecular complexity index is 470. The van der Waals surface area contributed by atoms with Crippen molar-refractivity contribution in [2.45, 2.75) is 19.1 Å². The van der Waals surface area contributed by atoms with Crippen LogP contribution in [-0.4, -0.2) is 50.3 Å². The normalized spacial score (nSPS) is 19.6. The quantitative estimate of drug-likeness (QED) is 0.772. The molecule has 2 unspecified atom stereocenters. The first-order valence-corrected chi connectivity index (χ1v) is 6.88. The fourth-order valence-corrected chi connectivity index (χ4v) is 1.99. The molecule has 1 aliphatic heterocycles. The standard InChI is InChI=1S/C15H19NO5/c1-11(17)20-10-14(21-12-5-3-2-4-6-12)15(18)13-9-16-7-8-19-13/h2-6,13-14,16H,7-10H2,1H3. The van der Waals surface area contributed by atoms with E-state index in [0.717, 1.165) is 6.54 Å². The Labute approximate surface area is 123 Å². The molecule has 1 fully saturated rings. The Morgan fingerprint density at radius 1 is 1.38 bits per heavy atom. The fraction of sp³-hybridized carbons (Fsp3) is 0.467. The molecule has 1 saturated heterocycles. The predicted octanol–water partition coefficient (Wildman–Crippen LogP) is 0.555. The van der Waals surface area contributed by atoms with Gasteiger partial charge in [-0.2, -0.15) is 0 Å². The smallest absolute Gasteiger partial charge is 0.302 e. The number of carbonyl (C=O) groups is 2. The second-order valence-corrected chi connectivity index (χ2v) is 4.69. The molecule has 0 aromatic heterocycles. The number of hydrogen-bond donors (Lipinski definition) is 1. The molecule has 1 aliphatic rings. The van der Waals surface area contributed by atoms with Crippen LogP contribution < -0.4 is 10.1 Å². The summed E-state index contributed by atoms with van der Waals surface area (Å²) in [5.74, 6) is -0.133. The van der Waals surface area contributed by atoms with E-state index in [1.165, 1.54) is 6.92 Å². The number of morpholine rings is 1. The van der Waals surface area contributed by atoms with Crippen LogP contribution >= 0.6 is 0 Å². The molecule has 6 nitrogen and oxygen atoms in total. The van der Waals surface area contributed by atoms with Gasteiger partial charge in [0.15, 0.2) is 6.10 Å². The lowest BCUT2D eigenvalue weighted by Gasteiger charge is -2.26. The molecular formula is C15H19NO5. The number of rotatable bonds is 6. The average molecular weight is 293 g/mol. The summed E-state index contributed by atoms with van der Waals surface area (Å²) in [4.78, 5) is 23.4. The third-order valence-corrected chi connectivity index (χ3v) is 3.02. The molecule has 21 heavy (non-hydrogen) atoms. The van der Waals surface area contributed by atoms with Crippen molar-refractivity contribution in [1.29, 1.82) is 0 Å². The van der Waals surface area contributed by atoms with Crippen molar-refractivity contribution in [2.75, 3.05) is 26.3 Å². The fourth-order valence-electron chi connectivity index (χ4n) is 1.99. The highest BCUT2D eigenvalue weighted by atomic mass is 16.6. The van der Waals surface area contributed by atoms with Gasteiger partial charge in [0.05, 0.1) is 6.61 Å². The lowest BCUT2D eigenvalue weighted by Crippen LogP contribution is -2.49. The van der Waals surface area contributed by atoms with Crippen molar-refractivity contribution < 1.29 is 23.8 Å². The first-order chi connectivity index (χ1) is 10.2. The Balaban J connectivity index is 2.03. The maximum absolute atomic E-state index is 12.4. The maximum atomic E-state index is 12.4. The van der Waals surface area contributed by atoms with Gasteiger partial charge in [0.1, 0.15) is 18.5 Å². The average Bonchev–Trinajstić information content (AvgIpc) is 2.52. The van der Waals surface area contributed by atoms with E-state index in [2.05, 4.69) is 5.32 Å². The number of esters is 1. The van der Waals surface area contributed by atoms with Crippen LogP contribution in [0, 0.1) is 0 Å². The third kappa shape index (κ3) is 4.84. The molecule has 2 rings (SSSR count). The van der Waals surface area contributed by atoms with Crippen molar-refractivity contribution in [1.82, 2.24) is 5.32 Å². The summed E-state index contributed by atoms with van der Waals surface area (Å²) < 4.78 is 16.0. The van der Waals surface area contributed by atoms with Gasteiger partial charge in [-0.1, -0.05) is 18.2 Å². The van der Waals surface area contributed by atoms with Gasteiger partial charge in [0, 0.05) is 20.0 Å². The molecule has 2 atom stereocenters. The first-order valence-electron chi connectivity index (χ1n) is 6.88. The lowest BCUT2D eigenvalue weighted by molar-refractivity contribution is -0.149. The second-order valence-electron chi connectivity index (χ2n) is 4.69. The predicted molar refractivity (Wildman–Crippen MR) is 75.1 cm³/mol. The molecule has 1 aromatic carbocycles. The van der Waals surface area contributed by atoms with Crippen LogP contribution in [-0.2, 0) is 19.1 Å². The molecule has 1 heterocycles. The SMILES string of the molecule is CC(=O)OCC(Oc1ccccc1)C(=O)C1CNCCO1. The zero-order valence-electron chi connectivity index (χ0n) is 11.9. The lowest BCUT2D eigenvalue weighted by atomic mass is 10.1. The minimum atomic E-state index is -0.874. The van der Waals surface area contributed by atoms with Gasteiger partial charge in [0.25, 0.3) is 0 Å². The van der Waals surface area contributed by atoms with E-state index in [1.54, 1.807) is 24.3 Å². The Hall–Kier alpha value is -1.92. The summed E-state index contributed by atoms with van der Waals surface area (Å²) in [6.07, 6.45) is -1.45. The highest BCUT2D eigenvalue weighted by molar-refractivity contribution is 5.88. The van der Waals surface area contributed by atoms with Crippen LogP contribution in [0.3, 0.4) is 0 Å². The van der Waals surface area contributed by atoms with Crippen molar-refractivity contribution in [3.05, 3.63) is 30.3 Å². The number of carbonyl (C=O) groups excluding carboxylic acids is 2. The van der Waals surface area contributed by atoms with E-state index in [4.69, 9.17) is 14.2 Å². The van der Waals surface area contributed by atoms with Crippen LogP contribution in [0.5, 0.6) is 5.75 Å². The van der Waals surface area contributed by atoms with Crippen LogP contribution in [0.4, 0.5) is 0 Å². The van der Waals surface area contributed by atoms with E-state index < -0.39 is 18.2 Å². The number of ketones is 1. The molecule has 0 aliphatic carbocycles. The van der Waals surface area contributed by atoms with Crippen molar-refractivity contribution in [2.24, 2.45) is 0 Å². The monoisotopic (exact) mass is 293 g/mol. The number of hydrogen-bond acceptors (Lipinski definition) is 6. The molecule has 0 radical (unpaired) electrons. The number of para-hydroxylation sites is 1. The number of ether oxygens (including phenoxy) is 3. The summed E-state index contributed by atoms with van der Waals surface area (Å²) in [5.41, 5.74) is 0. The topological polar surface area (TPSA) is 73.9 Å². The van der Waals surface area contributed by atoms with E-state index in [0.29, 0.717) is 18.9 Å². The number of benzene rings is 1. The Kier molecular flexibility index (Phi) is 5.71. The van der Waals surface area contributed by atoms with Gasteiger partial charge in [-0.25, -0.2) is 0 Å². The first kappa shape index (κ1) is 15.5. The van der Waals surface area contributed by atoms with E-state index in [-0.39, 0.29) is 12.4 Å². The molecule has 6 heteroatoms. The number of nitrogens with one attached hydrogen (secondary N) is 1. The molecule has 1 aromatic rings. The summed E-state index contributed by atoms with van der Waals surface area (Å²) in [5, 5.41) is 3.09. The zero-order valence-corrected chi connectivity index (χ0v) is 11.9. The molecule has 0 amide bonds. The zero-order chi connectivity index (χ0) is 15.1. The third-order valence-electron chi connectivity index (χ3n) is 3.02. The minimum Gasteiger partial charge on any atom is -0.479 e. The molecular weight excluding hydrogens is 274 g/mol. The van der Waals surface area contributed by atoms with Crippen LogP contribution in [0.25, 0.3) is 0 Å². The van der Waals surface area contributed by atoms with Gasteiger partial charge < -0.3 is 19.5 Å². The van der Waals surface area contributed by atoms with Crippen LogP contribution in [0.2, 0.25) is 0 Å². The van der Waals surface area contributed by atoms with Crippen LogP contribution in [0.15, 0.2) is 30.3 Å². The molecule has 0 spiro atoms. The van der Waals surface area contributed by atoms with Gasteiger partial charge in [-0.3, -0.25) is 9.59 Å². The highest BCUT2D eigenvalue weighted by Crippen LogP contribution is 2.14. The second kappa shape index (κ2) is 7.75. The summed E-state index contributed by atoms with van der Waals surface area (Å²) in [7, 11) is 0. The van der Waals surface area contributed by atoms with E-state index in [1.807, 2.05) is 6.07 Å². The van der Waals surface area contributed by atoms with Gasteiger partial charge >= 0.3 is 5.97 Å². The van der Waals surface area contributed by atoms with Gasteiger partial charge in [-0.05, 0) is 12.1 Å². The summed E-state index contributed by atoms with van der Waals surface area (Å²) >= 11 is 0. The summed E-state index contributed by atoms with van der Waals surface area (Å²) in [6, 6.07) is 8.95. The molecule has 1 N–H and O–H groups in total. The molecule has 0 bridgehead atoms. The van der Waals surface area contributed by atoms with E-state index >= 15 is 0 Å². The van der Waals surface area contributed by atoms with Gasteiger partial charge in [-0.15, -0.1) is 0 Å². The maximum Gasteiger partial charge on any atom is 0.302 e. The Morgan fingerprint density at radius 2 is 2.14 bits per heavy atom.